The highest BCUT2D eigenvalue weighted by molar-refractivity contribution is 6.14. The van der Waals surface area contributed by atoms with Gasteiger partial charge in [0.15, 0.2) is 0 Å². The fraction of sp³-hybridized carbons (Fsp3) is 0.355. The van der Waals surface area contributed by atoms with Gasteiger partial charge in [-0.2, -0.15) is 0 Å². The molecule has 0 aliphatic carbocycles. The van der Waals surface area contributed by atoms with E-state index >= 15 is 0 Å². The largest absolute Gasteiger partial charge is 0.490 e. The Morgan fingerprint density at radius 3 is 2.36 bits per heavy atom. The summed E-state index contributed by atoms with van der Waals surface area (Å²) in [6.45, 7) is 4.04. The van der Waals surface area contributed by atoms with Gasteiger partial charge in [0.1, 0.15) is 11.9 Å². The topological polar surface area (TPSA) is 110 Å². The third-order valence-electron chi connectivity index (χ3n) is 7.02. The number of nitrogen functional groups attached to an aromatic ring is 1. The summed E-state index contributed by atoms with van der Waals surface area (Å²) in [6.07, 6.45) is 2.13. The molecule has 4 N–H and O–H groups in total. The zero-order valence-electron chi connectivity index (χ0n) is 22.7. The minimum atomic E-state index is -0.297. The Hall–Kier alpha value is -3.72. The molecule has 1 aliphatic heterocycles. The van der Waals surface area contributed by atoms with Gasteiger partial charge in [0, 0.05) is 56.2 Å². The van der Waals surface area contributed by atoms with Crippen LogP contribution in [0.3, 0.4) is 0 Å². The molecule has 1 unspecified atom stereocenters. The van der Waals surface area contributed by atoms with E-state index in [2.05, 4.69) is 10.2 Å². The minimum Gasteiger partial charge on any atom is -0.490 e. The molecule has 1 amide bonds. The quantitative estimate of drug-likeness (QED) is 0.238. The summed E-state index contributed by atoms with van der Waals surface area (Å²) in [5, 5.41) is 11.8. The van der Waals surface area contributed by atoms with Crippen molar-refractivity contribution in [1.82, 2.24) is 10.2 Å². The number of rotatable bonds is 12. The van der Waals surface area contributed by atoms with E-state index < -0.39 is 0 Å². The summed E-state index contributed by atoms with van der Waals surface area (Å²) >= 11 is 0. The van der Waals surface area contributed by atoms with E-state index in [1.165, 1.54) is 0 Å². The number of benzene rings is 3. The molecule has 0 bridgehead atoms. The number of anilines is 1. The number of piperidine rings is 1. The van der Waals surface area contributed by atoms with Crippen LogP contribution in [0.25, 0.3) is 0 Å². The predicted molar refractivity (Wildman–Crippen MR) is 154 cm³/mol. The van der Waals surface area contributed by atoms with E-state index in [9.17, 15) is 4.79 Å². The highest BCUT2D eigenvalue weighted by Gasteiger charge is 2.21. The second-order valence-corrected chi connectivity index (χ2v) is 9.75. The van der Waals surface area contributed by atoms with Gasteiger partial charge in [-0.05, 0) is 60.9 Å². The predicted octanol–water partition coefficient (Wildman–Crippen LogP) is 4.29. The van der Waals surface area contributed by atoms with E-state index in [1.54, 1.807) is 32.4 Å². The van der Waals surface area contributed by atoms with Crippen molar-refractivity contribution in [3.63, 3.8) is 0 Å². The maximum Gasteiger partial charge on any atom is 0.251 e. The molecular formula is C31H38N4O4. The highest BCUT2D eigenvalue weighted by Crippen LogP contribution is 2.23. The van der Waals surface area contributed by atoms with Gasteiger partial charge in [-0.25, -0.2) is 0 Å². The number of nitrogens with two attached hydrogens (primary N) is 1. The smallest absolute Gasteiger partial charge is 0.251 e. The first-order valence-electron chi connectivity index (χ1n) is 13.3. The fourth-order valence-corrected chi connectivity index (χ4v) is 4.75. The van der Waals surface area contributed by atoms with E-state index in [-0.39, 0.29) is 23.8 Å². The number of nitrogens with one attached hydrogen (secondary N) is 2. The van der Waals surface area contributed by atoms with Crippen LogP contribution in [-0.4, -0.2) is 69.7 Å². The van der Waals surface area contributed by atoms with Gasteiger partial charge >= 0.3 is 0 Å². The highest BCUT2D eigenvalue weighted by atomic mass is 16.5. The normalized spacial score (nSPS) is 15.0. The van der Waals surface area contributed by atoms with Gasteiger partial charge in [-0.3, -0.25) is 10.2 Å². The molecule has 4 rings (SSSR count). The number of methoxy groups -OCH3 is 2. The third kappa shape index (κ3) is 7.66. The number of likely N-dealkylation sites (tertiary alicyclic amines) is 1. The molecule has 1 atom stereocenters. The molecule has 1 saturated heterocycles. The lowest BCUT2D eigenvalue weighted by Gasteiger charge is -2.31. The van der Waals surface area contributed by atoms with Gasteiger partial charge in [0.05, 0.1) is 25.0 Å². The number of hydrogen-bond acceptors (Lipinski definition) is 7. The van der Waals surface area contributed by atoms with E-state index in [0.29, 0.717) is 29.0 Å². The van der Waals surface area contributed by atoms with Crippen molar-refractivity contribution in [1.29, 1.82) is 5.41 Å². The lowest BCUT2D eigenvalue weighted by atomic mass is 9.98. The molecule has 0 saturated carbocycles. The maximum atomic E-state index is 13.1. The zero-order valence-corrected chi connectivity index (χ0v) is 22.7. The molecule has 8 heteroatoms. The molecule has 3 aromatic rings. The summed E-state index contributed by atoms with van der Waals surface area (Å²) in [7, 11) is 3.33. The third-order valence-corrected chi connectivity index (χ3v) is 7.02. The molecule has 0 radical (unpaired) electrons. The molecular weight excluding hydrogens is 492 g/mol. The number of amides is 1. The summed E-state index contributed by atoms with van der Waals surface area (Å²) in [5.74, 6) is 0.528. The van der Waals surface area contributed by atoms with Crippen LogP contribution in [0.5, 0.6) is 5.75 Å². The van der Waals surface area contributed by atoms with Crippen LogP contribution in [-0.2, 0) is 9.47 Å². The van der Waals surface area contributed by atoms with Crippen molar-refractivity contribution in [3.8, 4) is 5.75 Å². The van der Waals surface area contributed by atoms with Crippen LogP contribution in [0.4, 0.5) is 5.69 Å². The van der Waals surface area contributed by atoms with Crippen molar-refractivity contribution < 1.29 is 19.0 Å². The van der Waals surface area contributed by atoms with Crippen molar-refractivity contribution >= 4 is 17.3 Å². The minimum absolute atomic E-state index is 0.178. The summed E-state index contributed by atoms with van der Waals surface area (Å²) in [4.78, 5) is 15.5. The van der Waals surface area contributed by atoms with Crippen molar-refractivity contribution in [3.05, 3.63) is 95.1 Å². The molecule has 1 aliphatic rings. The lowest BCUT2D eigenvalue weighted by Crippen LogP contribution is -2.39. The number of carbonyl (C=O) groups excluding carboxylic acids is 1. The first kappa shape index (κ1) is 28.3. The Kier molecular flexibility index (Phi) is 10.1. The molecule has 3 aromatic carbocycles. The average molecular weight is 531 g/mol. The molecule has 1 fully saturated rings. The molecule has 206 valence electrons. The molecule has 1 heterocycles. The van der Waals surface area contributed by atoms with Crippen LogP contribution in [0.2, 0.25) is 0 Å². The van der Waals surface area contributed by atoms with Crippen LogP contribution < -0.4 is 15.8 Å². The van der Waals surface area contributed by atoms with Crippen molar-refractivity contribution in [2.75, 3.05) is 52.8 Å². The Labute approximate surface area is 230 Å². The molecule has 0 spiro atoms. The van der Waals surface area contributed by atoms with Crippen LogP contribution in [0.15, 0.2) is 72.8 Å². The Morgan fingerprint density at radius 1 is 1.00 bits per heavy atom. The number of nitrogens with zero attached hydrogens (tertiary/aromatic N) is 1. The summed E-state index contributed by atoms with van der Waals surface area (Å²) in [6, 6.07) is 21.9. The fourth-order valence-electron chi connectivity index (χ4n) is 4.75. The molecule has 39 heavy (non-hydrogen) atoms. The SMILES string of the molecule is COCCN1CCC(Oc2ccc(C(=N)c3cc(C(=O)NC(COC)c4ccccc4)ccc3N)cc2)CC1. The summed E-state index contributed by atoms with van der Waals surface area (Å²) in [5.41, 5.74) is 9.50. The van der Waals surface area contributed by atoms with E-state index in [1.807, 2.05) is 54.6 Å². The van der Waals surface area contributed by atoms with Crippen molar-refractivity contribution in [2.45, 2.75) is 25.0 Å². The van der Waals surface area contributed by atoms with E-state index in [4.69, 9.17) is 25.4 Å². The molecule has 0 aromatic heterocycles. The number of hydrogen-bond donors (Lipinski definition) is 3. The van der Waals surface area contributed by atoms with Gasteiger partial charge in [-0.15, -0.1) is 0 Å². The maximum absolute atomic E-state index is 13.1. The summed E-state index contributed by atoms with van der Waals surface area (Å²) < 4.78 is 16.7. The Morgan fingerprint density at radius 2 is 1.69 bits per heavy atom. The van der Waals surface area contributed by atoms with Crippen LogP contribution >= 0.6 is 0 Å². The second-order valence-electron chi connectivity index (χ2n) is 9.75. The standard InChI is InChI=1S/C31H38N4O4/c1-37-19-18-35-16-14-26(15-17-35)39-25-11-8-23(9-12-25)30(33)27-20-24(10-13-28(27)32)31(36)34-29(21-38-2)22-6-4-3-5-7-22/h3-13,20,26,29,33H,14-19,21,32H2,1-2H3,(H,34,36). The first-order valence-corrected chi connectivity index (χ1v) is 13.3. The number of carbonyl (C=O) groups is 1. The van der Waals surface area contributed by atoms with Gasteiger partial charge in [0.2, 0.25) is 0 Å². The average Bonchev–Trinajstić information content (AvgIpc) is 2.97. The van der Waals surface area contributed by atoms with Crippen molar-refractivity contribution in [2.24, 2.45) is 0 Å². The molecule has 8 nitrogen and oxygen atoms in total. The van der Waals surface area contributed by atoms with E-state index in [0.717, 1.165) is 50.4 Å². The zero-order chi connectivity index (χ0) is 27.6. The van der Waals surface area contributed by atoms with Gasteiger partial charge in [0.25, 0.3) is 5.91 Å². The monoisotopic (exact) mass is 530 g/mol. The number of ether oxygens (including phenoxy) is 3. The first-order chi connectivity index (χ1) is 19.0. The van der Waals surface area contributed by atoms with Crippen LogP contribution in [0, 0.1) is 5.41 Å². The van der Waals surface area contributed by atoms with Gasteiger partial charge < -0.3 is 30.2 Å². The van der Waals surface area contributed by atoms with Gasteiger partial charge in [-0.1, -0.05) is 30.3 Å². The Bertz CT molecular complexity index is 1230. The Balaban J connectivity index is 1.40. The van der Waals surface area contributed by atoms with Crippen LogP contribution in [0.1, 0.15) is 45.9 Å². The second kappa shape index (κ2) is 13.9. The lowest BCUT2D eigenvalue weighted by molar-refractivity contribution is 0.0797.